The van der Waals surface area contributed by atoms with Gasteiger partial charge in [0.15, 0.2) is 0 Å². The van der Waals surface area contributed by atoms with Gasteiger partial charge >= 0.3 is 0 Å². The highest BCUT2D eigenvalue weighted by Crippen LogP contribution is 2.26. The average molecular weight is 271 g/mol. The Bertz CT molecular complexity index is 731. The minimum atomic E-state index is -0.659. The van der Waals surface area contributed by atoms with Crippen LogP contribution in [0.1, 0.15) is 0 Å². The molecule has 1 aromatic heterocycles. The monoisotopic (exact) mass is 271 g/mol. The average Bonchev–Trinajstić information content (AvgIpc) is 2.81. The van der Waals surface area contributed by atoms with E-state index in [1.807, 2.05) is 30.3 Å². The van der Waals surface area contributed by atoms with Crippen LogP contribution in [-0.4, -0.2) is 9.78 Å². The highest BCUT2D eigenvalue weighted by molar-refractivity contribution is 5.72. The van der Waals surface area contributed by atoms with Crippen LogP contribution in [0, 0.1) is 11.6 Å². The highest BCUT2D eigenvalue weighted by atomic mass is 19.1. The molecule has 0 bridgehead atoms. The Morgan fingerprint density at radius 2 is 1.60 bits per heavy atom. The summed E-state index contributed by atoms with van der Waals surface area (Å²) < 4.78 is 28.1. The minimum absolute atomic E-state index is 0.315. The molecule has 2 N–H and O–H groups in total. The van der Waals surface area contributed by atoms with Crippen molar-refractivity contribution in [3.63, 3.8) is 0 Å². The van der Waals surface area contributed by atoms with E-state index in [1.165, 1.54) is 12.1 Å². The van der Waals surface area contributed by atoms with Crippen LogP contribution >= 0.6 is 0 Å². The summed E-state index contributed by atoms with van der Waals surface area (Å²) in [4.78, 5) is 0. The standard InChI is InChI=1S/C15H11F2N3/c16-11-6-10(7-12(17)8-11)15-14(18)9-20(19-15)13-4-2-1-3-5-13/h1-9H,18H2. The first-order chi connectivity index (χ1) is 9.63. The summed E-state index contributed by atoms with van der Waals surface area (Å²) in [5, 5.41) is 4.29. The van der Waals surface area contributed by atoms with E-state index < -0.39 is 11.6 Å². The second-order valence-corrected chi connectivity index (χ2v) is 4.37. The van der Waals surface area contributed by atoms with E-state index in [9.17, 15) is 8.78 Å². The topological polar surface area (TPSA) is 43.8 Å². The smallest absolute Gasteiger partial charge is 0.126 e. The summed E-state index contributed by atoms with van der Waals surface area (Å²) >= 11 is 0. The van der Waals surface area contributed by atoms with Gasteiger partial charge in [-0.05, 0) is 24.3 Å². The third-order valence-electron chi connectivity index (χ3n) is 2.90. The fourth-order valence-electron chi connectivity index (χ4n) is 2.02. The predicted octanol–water partition coefficient (Wildman–Crippen LogP) is 3.40. The number of benzene rings is 2. The van der Waals surface area contributed by atoms with Crippen molar-refractivity contribution in [2.24, 2.45) is 0 Å². The van der Waals surface area contributed by atoms with Crippen LogP contribution in [0.4, 0.5) is 14.5 Å². The Hall–Kier alpha value is -2.69. The number of hydrogen-bond donors (Lipinski definition) is 1. The van der Waals surface area contributed by atoms with E-state index in [2.05, 4.69) is 5.10 Å². The molecule has 1 heterocycles. The number of nitrogens with zero attached hydrogens (tertiary/aromatic N) is 2. The molecule has 0 aliphatic heterocycles. The quantitative estimate of drug-likeness (QED) is 0.776. The molecular weight excluding hydrogens is 260 g/mol. The van der Waals surface area contributed by atoms with Crippen molar-refractivity contribution in [1.29, 1.82) is 0 Å². The minimum Gasteiger partial charge on any atom is -0.396 e. The van der Waals surface area contributed by atoms with Gasteiger partial charge in [-0.15, -0.1) is 0 Å². The largest absolute Gasteiger partial charge is 0.396 e. The van der Waals surface area contributed by atoms with Crippen molar-refractivity contribution in [1.82, 2.24) is 9.78 Å². The van der Waals surface area contributed by atoms with Crippen molar-refractivity contribution in [3.8, 4) is 16.9 Å². The summed E-state index contributed by atoms with van der Waals surface area (Å²) in [5.41, 5.74) is 7.73. The lowest BCUT2D eigenvalue weighted by Gasteiger charge is -2.01. The molecule has 0 fully saturated rings. The molecule has 3 nitrogen and oxygen atoms in total. The first-order valence-corrected chi connectivity index (χ1v) is 6.00. The van der Waals surface area contributed by atoms with Crippen LogP contribution in [0.15, 0.2) is 54.7 Å². The lowest BCUT2D eigenvalue weighted by molar-refractivity contribution is 0.584. The van der Waals surface area contributed by atoms with E-state index in [0.717, 1.165) is 11.8 Å². The Balaban J connectivity index is 2.09. The second-order valence-electron chi connectivity index (χ2n) is 4.37. The Morgan fingerprint density at radius 3 is 2.25 bits per heavy atom. The van der Waals surface area contributed by atoms with E-state index in [1.54, 1.807) is 10.9 Å². The molecule has 0 saturated heterocycles. The van der Waals surface area contributed by atoms with Crippen molar-refractivity contribution < 1.29 is 8.78 Å². The maximum absolute atomic E-state index is 13.3. The Morgan fingerprint density at radius 1 is 0.950 bits per heavy atom. The first-order valence-electron chi connectivity index (χ1n) is 6.00. The van der Waals surface area contributed by atoms with Crippen LogP contribution in [0.3, 0.4) is 0 Å². The maximum Gasteiger partial charge on any atom is 0.126 e. The van der Waals surface area contributed by atoms with Crippen LogP contribution in [0.5, 0.6) is 0 Å². The number of hydrogen-bond acceptors (Lipinski definition) is 2. The van der Waals surface area contributed by atoms with Gasteiger partial charge in [-0.1, -0.05) is 18.2 Å². The number of halogens is 2. The third kappa shape index (κ3) is 2.25. The Kier molecular flexibility index (Phi) is 2.95. The molecule has 0 radical (unpaired) electrons. The zero-order valence-electron chi connectivity index (χ0n) is 10.4. The van der Waals surface area contributed by atoms with Gasteiger partial charge in [-0.3, -0.25) is 0 Å². The molecule has 0 spiro atoms. The summed E-state index contributed by atoms with van der Waals surface area (Å²) in [6.07, 6.45) is 1.62. The molecule has 3 aromatic rings. The van der Waals surface area contributed by atoms with Gasteiger partial charge in [0, 0.05) is 11.6 Å². The van der Waals surface area contributed by atoms with Crippen LogP contribution in [0.25, 0.3) is 16.9 Å². The van der Waals surface area contributed by atoms with Crippen LogP contribution in [0.2, 0.25) is 0 Å². The summed E-state index contributed by atoms with van der Waals surface area (Å²) in [6, 6.07) is 12.6. The van der Waals surface area contributed by atoms with Crippen molar-refractivity contribution in [2.45, 2.75) is 0 Å². The van der Waals surface area contributed by atoms with Gasteiger partial charge in [-0.25, -0.2) is 13.5 Å². The van der Waals surface area contributed by atoms with Crippen molar-refractivity contribution >= 4 is 5.69 Å². The normalized spacial score (nSPS) is 10.7. The summed E-state index contributed by atoms with van der Waals surface area (Å²) in [7, 11) is 0. The fourth-order valence-corrected chi connectivity index (χ4v) is 2.02. The van der Waals surface area contributed by atoms with E-state index in [-0.39, 0.29) is 0 Å². The third-order valence-corrected chi connectivity index (χ3v) is 2.90. The number of para-hydroxylation sites is 1. The molecule has 2 aromatic carbocycles. The number of nitrogen functional groups attached to an aromatic ring is 1. The molecule has 5 heteroatoms. The molecule has 0 unspecified atom stereocenters. The van der Waals surface area contributed by atoms with Crippen molar-refractivity contribution in [3.05, 3.63) is 66.4 Å². The Labute approximate surface area is 114 Å². The number of nitrogens with two attached hydrogens (primary N) is 1. The predicted molar refractivity (Wildman–Crippen MR) is 73.3 cm³/mol. The number of rotatable bonds is 2. The van der Waals surface area contributed by atoms with Crippen LogP contribution < -0.4 is 5.73 Å². The molecule has 0 saturated carbocycles. The second kappa shape index (κ2) is 4.77. The zero-order valence-corrected chi connectivity index (χ0v) is 10.4. The molecule has 0 atom stereocenters. The molecule has 3 rings (SSSR count). The zero-order chi connectivity index (χ0) is 14.1. The van der Waals surface area contributed by atoms with E-state index >= 15 is 0 Å². The molecule has 0 aliphatic rings. The summed E-state index contributed by atoms with van der Waals surface area (Å²) in [6.45, 7) is 0. The lowest BCUT2D eigenvalue weighted by Crippen LogP contribution is -1.94. The highest BCUT2D eigenvalue weighted by Gasteiger charge is 2.11. The van der Waals surface area contributed by atoms with Gasteiger partial charge in [-0.2, -0.15) is 5.10 Å². The van der Waals surface area contributed by atoms with Gasteiger partial charge in [0.05, 0.1) is 17.6 Å². The van der Waals surface area contributed by atoms with E-state index in [4.69, 9.17) is 5.73 Å². The van der Waals surface area contributed by atoms with Crippen molar-refractivity contribution in [2.75, 3.05) is 5.73 Å². The van der Waals surface area contributed by atoms with Gasteiger partial charge < -0.3 is 5.73 Å². The number of aromatic nitrogens is 2. The molecular formula is C15H11F2N3. The maximum atomic E-state index is 13.3. The SMILES string of the molecule is Nc1cn(-c2ccccc2)nc1-c1cc(F)cc(F)c1. The molecule has 0 amide bonds. The molecule has 100 valence electrons. The molecule has 0 aliphatic carbocycles. The van der Waals surface area contributed by atoms with Gasteiger partial charge in [0.1, 0.15) is 17.3 Å². The van der Waals surface area contributed by atoms with Crippen LogP contribution in [-0.2, 0) is 0 Å². The first kappa shape index (κ1) is 12.3. The van der Waals surface area contributed by atoms with Gasteiger partial charge in [0.25, 0.3) is 0 Å². The molecule has 20 heavy (non-hydrogen) atoms. The lowest BCUT2D eigenvalue weighted by atomic mass is 10.1. The number of anilines is 1. The summed E-state index contributed by atoms with van der Waals surface area (Å²) in [5.74, 6) is -1.32. The fraction of sp³-hybridized carbons (Fsp3) is 0. The van der Waals surface area contributed by atoms with E-state index in [0.29, 0.717) is 16.9 Å². The van der Waals surface area contributed by atoms with Gasteiger partial charge in [0.2, 0.25) is 0 Å².